The van der Waals surface area contributed by atoms with Crippen molar-refractivity contribution in [2.75, 3.05) is 6.54 Å². The van der Waals surface area contributed by atoms with Gasteiger partial charge in [0, 0.05) is 29.3 Å². The molecule has 1 spiro atoms. The molecule has 0 bridgehead atoms. The van der Waals surface area contributed by atoms with Crippen molar-refractivity contribution in [3.8, 4) is 17.0 Å². The molecular formula is C18H20N4O3. The maximum absolute atomic E-state index is 12.9. The second kappa shape index (κ2) is 5.68. The van der Waals surface area contributed by atoms with Crippen LogP contribution in [-0.2, 0) is 4.79 Å². The van der Waals surface area contributed by atoms with E-state index in [1.807, 2.05) is 11.8 Å². The summed E-state index contributed by atoms with van der Waals surface area (Å²) in [5, 5.41) is 10.00. The van der Waals surface area contributed by atoms with Crippen molar-refractivity contribution >= 4 is 12.2 Å². The van der Waals surface area contributed by atoms with Crippen LogP contribution < -0.4 is 0 Å². The van der Waals surface area contributed by atoms with E-state index in [1.54, 1.807) is 12.3 Å². The number of aromatic nitrogens is 3. The van der Waals surface area contributed by atoms with Crippen LogP contribution in [0.2, 0.25) is 0 Å². The number of nitrogens with one attached hydrogen (secondary N) is 1. The lowest BCUT2D eigenvalue weighted by atomic mass is 9.90. The molecule has 1 aliphatic heterocycles. The minimum atomic E-state index is -0.163. The van der Waals surface area contributed by atoms with Gasteiger partial charge in [-0.3, -0.25) is 9.78 Å². The minimum Gasteiger partial charge on any atom is -0.506 e. The normalized spacial score (nSPS) is 21.3. The van der Waals surface area contributed by atoms with Crippen molar-refractivity contribution in [3.05, 3.63) is 30.0 Å². The number of amides is 1. The summed E-state index contributed by atoms with van der Waals surface area (Å²) in [7, 11) is 0. The maximum Gasteiger partial charge on any atom is 0.290 e. The van der Waals surface area contributed by atoms with E-state index in [-0.39, 0.29) is 28.9 Å². The number of aromatic amines is 1. The topological polar surface area (TPSA) is 99.2 Å². The minimum absolute atomic E-state index is 0.0405. The molecule has 0 aromatic carbocycles. The largest absolute Gasteiger partial charge is 0.506 e. The Kier molecular flexibility index (Phi) is 3.59. The molecule has 1 atom stereocenters. The van der Waals surface area contributed by atoms with Gasteiger partial charge in [0.2, 0.25) is 0 Å². The van der Waals surface area contributed by atoms with Crippen molar-refractivity contribution in [1.82, 2.24) is 19.9 Å². The third-order valence-electron chi connectivity index (χ3n) is 5.29. The molecule has 130 valence electrons. The number of carbonyl (C=O) groups excluding carboxylic acids is 2. The Balaban J connectivity index is 1.59. The predicted molar refractivity (Wildman–Crippen MR) is 90.0 cm³/mol. The van der Waals surface area contributed by atoms with Gasteiger partial charge in [0.25, 0.3) is 5.91 Å². The number of hydrogen-bond acceptors (Lipinski definition) is 5. The quantitative estimate of drug-likeness (QED) is 0.833. The van der Waals surface area contributed by atoms with Gasteiger partial charge in [0.15, 0.2) is 5.82 Å². The number of aryl methyl sites for hydroxylation is 1. The molecule has 25 heavy (non-hydrogen) atoms. The smallest absolute Gasteiger partial charge is 0.290 e. The first-order chi connectivity index (χ1) is 12.0. The van der Waals surface area contributed by atoms with E-state index >= 15 is 0 Å². The molecule has 2 aliphatic rings. The summed E-state index contributed by atoms with van der Waals surface area (Å²) < 4.78 is 0. The lowest BCUT2D eigenvalue weighted by Gasteiger charge is -2.38. The first kappa shape index (κ1) is 15.8. The molecule has 2 aromatic rings. The molecule has 7 heteroatoms. The highest BCUT2D eigenvalue weighted by molar-refractivity contribution is 5.92. The van der Waals surface area contributed by atoms with E-state index in [1.165, 1.54) is 6.20 Å². The van der Waals surface area contributed by atoms with E-state index in [4.69, 9.17) is 0 Å². The van der Waals surface area contributed by atoms with Gasteiger partial charge in [-0.1, -0.05) is 0 Å². The number of aldehydes is 1. The van der Waals surface area contributed by atoms with E-state index in [0.717, 1.165) is 31.2 Å². The van der Waals surface area contributed by atoms with Crippen molar-refractivity contribution in [2.45, 2.75) is 38.1 Å². The van der Waals surface area contributed by atoms with Crippen molar-refractivity contribution in [1.29, 1.82) is 0 Å². The molecule has 1 saturated heterocycles. The third-order valence-corrected chi connectivity index (χ3v) is 5.29. The number of hydrogen-bond donors (Lipinski definition) is 2. The molecule has 1 aliphatic carbocycles. The molecule has 4 rings (SSSR count). The molecule has 2 fully saturated rings. The van der Waals surface area contributed by atoms with Crippen LogP contribution in [0.15, 0.2) is 18.5 Å². The van der Waals surface area contributed by atoms with Gasteiger partial charge in [0.1, 0.15) is 12.0 Å². The Morgan fingerprint density at radius 1 is 1.40 bits per heavy atom. The lowest BCUT2D eigenvalue weighted by molar-refractivity contribution is -0.113. The van der Waals surface area contributed by atoms with Crippen LogP contribution in [0.5, 0.6) is 5.75 Å². The second-order valence-electron chi connectivity index (χ2n) is 7.06. The number of imidazole rings is 1. The van der Waals surface area contributed by atoms with Crippen LogP contribution in [0.4, 0.5) is 0 Å². The van der Waals surface area contributed by atoms with Crippen LogP contribution in [0, 0.1) is 12.8 Å². The van der Waals surface area contributed by atoms with Crippen LogP contribution in [-0.4, -0.2) is 49.2 Å². The highest BCUT2D eigenvalue weighted by Gasteiger charge is 2.53. The number of nitrogens with zero attached hydrogens (tertiary/aromatic N) is 3. The summed E-state index contributed by atoms with van der Waals surface area (Å²) in [6, 6.07) is 1.75. The third kappa shape index (κ3) is 2.69. The first-order valence-corrected chi connectivity index (χ1v) is 8.51. The fourth-order valence-electron chi connectivity index (χ4n) is 3.75. The predicted octanol–water partition coefficient (Wildman–Crippen LogP) is 2.07. The number of pyridine rings is 1. The van der Waals surface area contributed by atoms with Gasteiger partial charge in [0.05, 0.1) is 18.1 Å². The Morgan fingerprint density at radius 3 is 2.92 bits per heavy atom. The summed E-state index contributed by atoms with van der Waals surface area (Å²) >= 11 is 0. The molecule has 7 nitrogen and oxygen atoms in total. The Bertz CT molecular complexity index is 841. The van der Waals surface area contributed by atoms with Crippen molar-refractivity contribution < 1.29 is 14.7 Å². The number of aromatic hydroxyl groups is 1. The van der Waals surface area contributed by atoms with E-state index in [2.05, 4.69) is 15.0 Å². The summed E-state index contributed by atoms with van der Waals surface area (Å²) in [6.07, 6.45) is 7.30. The van der Waals surface area contributed by atoms with Crippen molar-refractivity contribution in [3.63, 3.8) is 0 Å². The molecule has 1 unspecified atom stereocenters. The summed E-state index contributed by atoms with van der Waals surface area (Å²) in [6.45, 7) is 2.41. The number of likely N-dealkylation sites (tertiary alicyclic amines) is 1. The van der Waals surface area contributed by atoms with E-state index in [0.29, 0.717) is 24.2 Å². The van der Waals surface area contributed by atoms with Crippen LogP contribution in [0.25, 0.3) is 11.3 Å². The zero-order valence-corrected chi connectivity index (χ0v) is 14.0. The van der Waals surface area contributed by atoms with E-state index < -0.39 is 0 Å². The number of H-pyrrole nitrogens is 1. The zero-order chi connectivity index (χ0) is 17.6. The van der Waals surface area contributed by atoms with Gasteiger partial charge in [-0.25, -0.2) is 4.98 Å². The Morgan fingerprint density at radius 2 is 2.20 bits per heavy atom. The van der Waals surface area contributed by atoms with Gasteiger partial charge in [-0.05, 0) is 38.7 Å². The highest BCUT2D eigenvalue weighted by atomic mass is 16.3. The molecule has 2 N–H and O–H groups in total. The number of rotatable bonds is 3. The molecular weight excluding hydrogens is 320 g/mol. The molecule has 3 heterocycles. The average Bonchev–Trinajstić information content (AvgIpc) is 3.19. The van der Waals surface area contributed by atoms with Crippen LogP contribution >= 0.6 is 0 Å². The Hall–Kier alpha value is -2.70. The van der Waals surface area contributed by atoms with Gasteiger partial charge in [-0.2, -0.15) is 0 Å². The van der Waals surface area contributed by atoms with E-state index in [9.17, 15) is 14.7 Å². The Labute approximate surface area is 145 Å². The summed E-state index contributed by atoms with van der Waals surface area (Å²) in [5.41, 5.74) is 1.76. The standard InChI is InChI=1S/C18H20N4O3/c1-11-6-13(15(24)9-19-11)14-8-20-16(21-14)17(25)22-5-2-12(10-23)7-18(22)3-4-18/h6,8-10,12,24H,2-5,7H2,1H3,(H,20,21). The fourth-order valence-corrected chi connectivity index (χ4v) is 3.75. The first-order valence-electron chi connectivity index (χ1n) is 8.51. The van der Waals surface area contributed by atoms with Crippen molar-refractivity contribution in [2.24, 2.45) is 5.92 Å². The van der Waals surface area contributed by atoms with Crippen LogP contribution in [0.3, 0.4) is 0 Å². The lowest BCUT2D eigenvalue weighted by Crippen LogP contribution is -2.48. The number of piperidine rings is 1. The average molecular weight is 340 g/mol. The summed E-state index contributed by atoms with van der Waals surface area (Å²) in [5.74, 6) is 0.215. The second-order valence-corrected chi connectivity index (χ2v) is 7.06. The van der Waals surface area contributed by atoms with Gasteiger partial charge >= 0.3 is 0 Å². The molecule has 1 amide bonds. The maximum atomic E-state index is 12.9. The van der Waals surface area contributed by atoms with Gasteiger partial charge < -0.3 is 19.8 Å². The monoisotopic (exact) mass is 340 g/mol. The molecule has 0 radical (unpaired) electrons. The number of carbonyl (C=O) groups is 2. The van der Waals surface area contributed by atoms with Crippen LogP contribution in [0.1, 0.15) is 42.0 Å². The molecule has 2 aromatic heterocycles. The summed E-state index contributed by atoms with van der Waals surface area (Å²) in [4.78, 5) is 37.2. The highest BCUT2D eigenvalue weighted by Crippen LogP contribution is 2.50. The molecule has 1 saturated carbocycles. The SMILES string of the molecule is Cc1cc(-c2cnc(C(=O)N3CCC(C=O)CC34CC4)[nH]2)c(O)cn1. The van der Waals surface area contributed by atoms with Gasteiger partial charge in [-0.15, -0.1) is 0 Å². The zero-order valence-electron chi connectivity index (χ0n) is 14.0. The fraction of sp³-hybridized carbons (Fsp3) is 0.444.